The highest BCUT2D eigenvalue weighted by molar-refractivity contribution is 7.89. The molecule has 8 heteroatoms. The van der Waals surface area contributed by atoms with Crippen LogP contribution in [0.3, 0.4) is 0 Å². The van der Waals surface area contributed by atoms with Gasteiger partial charge in [0.1, 0.15) is 6.04 Å². The van der Waals surface area contributed by atoms with Crippen LogP contribution >= 0.6 is 0 Å². The first-order chi connectivity index (χ1) is 14.2. The predicted molar refractivity (Wildman–Crippen MR) is 116 cm³/mol. The van der Waals surface area contributed by atoms with Crippen molar-refractivity contribution in [2.45, 2.75) is 44.6 Å². The number of aryl methyl sites for hydroxylation is 3. The number of anilines is 1. The molecule has 1 unspecified atom stereocenters. The van der Waals surface area contributed by atoms with Crippen molar-refractivity contribution < 1.29 is 22.7 Å². The summed E-state index contributed by atoms with van der Waals surface area (Å²) in [6, 6.07) is 7.68. The van der Waals surface area contributed by atoms with E-state index in [0.29, 0.717) is 30.9 Å². The van der Waals surface area contributed by atoms with Gasteiger partial charge in [-0.2, -0.15) is 4.31 Å². The molecule has 162 valence electrons. The quantitative estimate of drug-likeness (QED) is 0.756. The molecule has 2 aromatic rings. The number of ether oxygens (including phenoxy) is 2. The Labute approximate surface area is 178 Å². The summed E-state index contributed by atoms with van der Waals surface area (Å²) < 4.78 is 38.3. The zero-order valence-electron chi connectivity index (χ0n) is 18.0. The van der Waals surface area contributed by atoms with Gasteiger partial charge in [0, 0.05) is 18.3 Å². The lowest BCUT2D eigenvalue weighted by Gasteiger charge is -2.24. The van der Waals surface area contributed by atoms with Gasteiger partial charge in [0.2, 0.25) is 15.9 Å². The first-order valence-electron chi connectivity index (χ1n) is 9.81. The minimum atomic E-state index is -3.87. The SMILES string of the molecule is COc1ccc(S(=O)(=O)N2CCCC2C(=O)Nc2c(C)cc(C)cc2C)cc1OC. The highest BCUT2D eigenvalue weighted by Crippen LogP contribution is 2.33. The molecule has 1 N–H and O–H groups in total. The van der Waals surface area contributed by atoms with E-state index in [0.717, 1.165) is 22.4 Å². The molecule has 7 nitrogen and oxygen atoms in total. The van der Waals surface area contributed by atoms with Gasteiger partial charge in [-0.15, -0.1) is 0 Å². The van der Waals surface area contributed by atoms with Gasteiger partial charge >= 0.3 is 0 Å². The lowest BCUT2D eigenvalue weighted by atomic mass is 10.0. The van der Waals surface area contributed by atoms with Gasteiger partial charge < -0.3 is 14.8 Å². The maximum Gasteiger partial charge on any atom is 0.243 e. The van der Waals surface area contributed by atoms with E-state index < -0.39 is 16.1 Å². The molecule has 1 atom stereocenters. The Morgan fingerprint density at radius 1 is 1.03 bits per heavy atom. The van der Waals surface area contributed by atoms with Crippen molar-refractivity contribution in [1.29, 1.82) is 0 Å². The molecule has 30 heavy (non-hydrogen) atoms. The van der Waals surface area contributed by atoms with Crippen LogP contribution in [0, 0.1) is 20.8 Å². The summed E-state index contributed by atoms with van der Waals surface area (Å²) in [6.45, 7) is 6.16. The Morgan fingerprint density at radius 2 is 1.67 bits per heavy atom. The maximum absolute atomic E-state index is 13.3. The van der Waals surface area contributed by atoms with Crippen molar-refractivity contribution in [3.05, 3.63) is 47.0 Å². The molecule has 1 aliphatic heterocycles. The van der Waals surface area contributed by atoms with Crippen LogP contribution in [0.2, 0.25) is 0 Å². The number of sulfonamides is 1. The average Bonchev–Trinajstić information content (AvgIpc) is 3.20. The highest BCUT2D eigenvalue weighted by Gasteiger charge is 2.40. The summed E-state index contributed by atoms with van der Waals surface area (Å²) in [5.41, 5.74) is 3.75. The Balaban J connectivity index is 1.89. The third kappa shape index (κ3) is 4.15. The Kier molecular flexibility index (Phi) is 6.38. The van der Waals surface area contributed by atoms with E-state index in [1.807, 2.05) is 32.9 Å². The molecule has 0 bridgehead atoms. The maximum atomic E-state index is 13.3. The molecule has 1 amide bonds. The standard InChI is InChI=1S/C22H28N2O5S/c1-14-11-15(2)21(16(3)12-14)23-22(25)18-7-6-10-24(18)30(26,27)17-8-9-19(28-4)20(13-17)29-5/h8-9,11-13,18H,6-7,10H2,1-5H3,(H,23,25). The van der Waals surface area contributed by atoms with Crippen molar-refractivity contribution in [1.82, 2.24) is 4.31 Å². The Bertz CT molecular complexity index is 1040. The number of methoxy groups -OCH3 is 2. The number of hydrogen-bond acceptors (Lipinski definition) is 5. The van der Waals surface area contributed by atoms with E-state index in [2.05, 4.69) is 5.32 Å². The van der Waals surface area contributed by atoms with Crippen molar-refractivity contribution >= 4 is 21.6 Å². The lowest BCUT2D eigenvalue weighted by Crippen LogP contribution is -2.43. The number of benzene rings is 2. The molecule has 1 heterocycles. The van der Waals surface area contributed by atoms with Crippen LogP contribution in [-0.4, -0.2) is 45.4 Å². The Hall–Kier alpha value is -2.58. The smallest absolute Gasteiger partial charge is 0.243 e. The topological polar surface area (TPSA) is 84.9 Å². The van der Waals surface area contributed by atoms with Crippen LogP contribution in [0.1, 0.15) is 29.5 Å². The second-order valence-electron chi connectivity index (χ2n) is 7.55. The third-order valence-electron chi connectivity index (χ3n) is 5.39. The number of carbonyl (C=O) groups excluding carboxylic acids is 1. The van der Waals surface area contributed by atoms with Crippen LogP contribution < -0.4 is 14.8 Å². The fourth-order valence-corrected chi connectivity index (χ4v) is 5.66. The second-order valence-corrected chi connectivity index (χ2v) is 9.44. The zero-order chi connectivity index (χ0) is 22.1. The number of carbonyl (C=O) groups is 1. The second kappa shape index (κ2) is 8.65. The fourth-order valence-electron chi connectivity index (χ4n) is 3.99. The van der Waals surface area contributed by atoms with Crippen LogP contribution in [0.4, 0.5) is 5.69 Å². The summed E-state index contributed by atoms with van der Waals surface area (Å²) >= 11 is 0. The summed E-state index contributed by atoms with van der Waals surface area (Å²) in [5, 5.41) is 2.95. The number of nitrogens with one attached hydrogen (secondary N) is 1. The molecule has 1 fully saturated rings. The summed E-state index contributed by atoms with van der Waals surface area (Å²) in [4.78, 5) is 13.1. The van der Waals surface area contributed by atoms with Crippen molar-refractivity contribution in [3.8, 4) is 11.5 Å². The van der Waals surface area contributed by atoms with Crippen LogP contribution in [0.25, 0.3) is 0 Å². The van der Waals surface area contributed by atoms with Gasteiger partial charge in [0.05, 0.1) is 19.1 Å². The van der Waals surface area contributed by atoms with Gasteiger partial charge in [-0.3, -0.25) is 4.79 Å². The van der Waals surface area contributed by atoms with Crippen LogP contribution in [-0.2, 0) is 14.8 Å². The first kappa shape index (κ1) is 22.1. The van der Waals surface area contributed by atoms with Crippen LogP contribution in [0.5, 0.6) is 11.5 Å². The first-order valence-corrected chi connectivity index (χ1v) is 11.3. The number of amides is 1. The molecular formula is C22H28N2O5S. The fraction of sp³-hybridized carbons (Fsp3) is 0.409. The summed E-state index contributed by atoms with van der Waals surface area (Å²) in [5.74, 6) is 0.453. The van der Waals surface area contributed by atoms with Gasteiger partial charge in [0.15, 0.2) is 11.5 Å². The molecule has 0 saturated carbocycles. The lowest BCUT2D eigenvalue weighted by molar-refractivity contribution is -0.119. The van der Waals surface area contributed by atoms with Crippen LogP contribution in [0.15, 0.2) is 35.2 Å². The van der Waals surface area contributed by atoms with Crippen molar-refractivity contribution in [2.75, 3.05) is 26.1 Å². The minimum Gasteiger partial charge on any atom is -0.493 e. The molecule has 0 aromatic heterocycles. The summed E-state index contributed by atoms with van der Waals surface area (Å²) in [6.07, 6.45) is 1.10. The predicted octanol–water partition coefficient (Wildman–Crippen LogP) is 3.42. The van der Waals surface area contributed by atoms with E-state index >= 15 is 0 Å². The molecule has 0 spiro atoms. The molecule has 2 aromatic carbocycles. The molecule has 1 saturated heterocycles. The minimum absolute atomic E-state index is 0.0718. The van der Waals surface area contributed by atoms with Gasteiger partial charge in [-0.1, -0.05) is 17.7 Å². The zero-order valence-corrected chi connectivity index (χ0v) is 18.8. The molecule has 0 aliphatic carbocycles. The summed E-state index contributed by atoms with van der Waals surface area (Å²) in [7, 11) is -0.934. The Morgan fingerprint density at radius 3 is 2.27 bits per heavy atom. The largest absolute Gasteiger partial charge is 0.493 e. The number of nitrogens with zero attached hydrogens (tertiary/aromatic N) is 1. The number of rotatable bonds is 6. The van der Waals surface area contributed by atoms with Gasteiger partial charge in [-0.05, 0) is 56.9 Å². The molecule has 3 rings (SSSR count). The van der Waals surface area contributed by atoms with E-state index in [-0.39, 0.29) is 10.8 Å². The van der Waals surface area contributed by atoms with Crippen molar-refractivity contribution in [3.63, 3.8) is 0 Å². The van der Waals surface area contributed by atoms with Gasteiger partial charge in [0.25, 0.3) is 0 Å². The van der Waals surface area contributed by atoms with E-state index in [4.69, 9.17) is 9.47 Å². The van der Waals surface area contributed by atoms with E-state index in [1.165, 1.54) is 30.7 Å². The van der Waals surface area contributed by atoms with E-state index in [1.54, 1.807) is 6.07 Å². The molecule has 0 radical (unpaired) electrons. The van der Waals surface area contributed by atoms with Gasteiger partial charge in [-0.25, -0.2) is 8.42 Å². The molecular weight excluding hydrogens is 404 g/mol. The van der Waals surface area contributed by atoms with E-state index in [9.17, 15) is 13.2 Å². The van der Waals surface area contributed by atoms with Crippen molar-refractivity contribution in [2.24, 2.45) is 0 Å². The highest BCUT2D eigenvalue weighted by atomic mass is 32.2. The average molecular weight is 433 g/mol. The monoisotopic (exact) mass is 432 g/mol. The number of hydrogen-bond donors (Lipinski definition) is 1. The third-order valence-corrected chi connectivity index (χ3v) is 7.30. The normalized spacial score (nSPS) is 17.0. The molecule has 1 aliphatic rings.